The predicted octanol–water partition coefficient (Wildman–Crippen LogP) is 2.03. The lowest BCUT2D eigenvalue weighted by molar-refractivity contribution is -0.124. The van der Waals surface area contributed by atoms with Crippen molar-refractivity contribution in [1.82, 2.24) is 10.2 Å². The zero-order chi connectivity index (χ0) is 16.8. The van der Waals surface area contributed by atoms with Crippen LogP contribution in [-0.2, 0) is 9.53 Å². The highest BCUT2D eigenvalue weighted by molar-refractivity contribution is 5.78. The Hall–Kier alpha value is -2.24. The van der Waals surface area contributed by atoms with Gasteiger partial charge in [-0.05, 0) is 49.9 Å². The summed E-state index contributed by atoms with van der Waals surface area (Å²) in [5.41, 5.74) is 2.33. The average molecular weight is 320 g/mol. The molecule has 0 bridgehead atoms. The second-order valence-electron chi connectivity index (χ2n) is 5.83. The maximum absolute atomic E-state index is 12.0. The molecule has 0 radical (unpaired) electrons. The van der Waals surface area contributed by atoms with Crippen molar-refractivity contribution in [2.45, 2.75) is 32.7 Å². The minimum absolute atomic E-state index is 0.000281. The van der Waals surface area contributed by atoms with Gasteiger partial charge < -0.3 is 19.7 Å². The van der Waals surface area contributed by atoms with Crippen molar-refractivity contribution in [1.29, 1.82) is 0 Å². The molecule has 1 aromatic carbocycles. The number of methoxy groups -OCH3 is 1. The zero-order valence-corrected chi connectivity index (χ0v) is 13.9. The van der Waals surface area contributed by atoms with Crippen molar-refractivity contribution in [2.75, 3.05) is 26.8 Å². The Morgan fingerprint density at radius 3 is 2.52 bits per heavy atom. The number of piperidine rings is 1. The molecule has 2 amide bonds. The number of carbonyl (C=O) groups is 2. The fraction of sp³-hybridized carbons (Fsp3) is 0.529. The highest BCUT2D eigenvalue weighted by Gasteiger charge is 2.24. The number of rotatable bonds is 4. The first kappa shape index (κ1) is 17.1. The van der Waals surface area contributed by atoms with Crippen LogP contribution in [0.1, 0.15) is 24.0 Å². The monoisotopic (exact) mass is 320 g/mol. The number of nitrogens with zero attached hydrogens (tertiary/aromatic N) is 1. The maximum Gasteiger partial charge on any atom is 0.409 e. The molecule has 1 N–H and O–H groups in total. The molecule has 0 spiro atoms. The molecule has 0 aliphatic carbocycles. The number of hydrogen-bond acceptors (Lipinski definition) is 4. The Morgan fingerprint density at radius 1 is 1.22 bits per heavy atom. The van der Waals surface area contributed by atoms with Gasteiger partial charge in [0.05, 0.1) is 7.11 Å². The number of aryl methyl sites for hydroxylation is 2. The zero-order valence-electron chi connectivity index (χ0n) is 13.9. The number of likely N-dealkylation sites (tertiary alicyclic amines) is 1. The minimum atomic E-state index is -0.312. The molecule has 2 rings (SSSR count). The summed E-state index contributed by atoms with van der Waals surface area (Å²) in [6.45, 7) is 5.23. The number of hydrogen-bond donors (Lipinski definition) is 1. The number of nitrogens with one attached hydrogen (secondary N) is 1. The van der Waals surface area contributed by atoms with Crippen LogP contribution < -0.4 is 10.1 Å². The Bertz CT molecular complexity index is 566. The molecule has 0 atom stereocenters. The van der Waals surface area contributed by atoms with Crippen molar-refractivity contribution < 1.29 is 19.1 Å². The van der Waals surface area contributed by atoms with E-state index >= 15 is 0 Å². The summed E-state index contributed by atoms with van der Waals surface area (Å²) in [4.78, 5) is 25.0. The predicted molar refractivity (Wildman–Crippen MR) is 86.6 cm³/mol. The largest absolute Gasteiger partial charge is 0.484 e. The summed E-state index contributed by atoms with van der Waals surface area (Å²) >= 11 is 0. The molecule has 6 nitrogen and oxygen atoms in total. The SMILES string of the molecule is COC(=O)N1CCC(NC(=O)COc2ccc(C)c(C)c2)CC1. The topological polar surface area (TPSA) is 67.9 Å². The third kappa shape index (κ3) is 4.87. The van der Waals surface area contributed by atoms with Gasteiger partial charge in [-0.2, -0.15) is 0 Å². The van der Waals surface area contributed by atoms with E-state index in [0.717, 1.165) is 18.4 Å². The van der Waals surface area contributed by atoms with E-state index in [1.54, 1.807) is 4.90 Å². The number of amides is 2. The van der Waals surface area contributed by atoms with E-state index in [9.17, 15) is 9.59 Å². The maximum atomic E-state index is 12.0. The van der Waals surface area contributed by atoms with Gasteiger partial charge in [0.15, 0.2) is 6.61 Å². The van der Waals surface area contributed by atoms with E-state index in [1.165, 1.54) is 12.7 Å². The highest BCUT2D eigenvalue weighted by Crippen LogP contribution is 2.16. The van der Waals surface area contributed by atoms with Crippen molar-refractivity contribution >= 4 is 12.0 Å². The van der Waals surface area contributed by atoms with Gasteiger partial charge >= 0.3 is 6.09 Å². The molecule has 0 aromatic heterocycles. The molecular formula is C17H24N2O4. The Balaban J connectivity index is 1.73. The smallest absolute Gasteiger partial charge is 0.409 e. The molecule has 1 aliphatic heterocycles. The lowest BCUT2D eigenvalue weighted by atomic mass is 10.1. The van der Waals surface area contributed by atoms with Crippen LogP contribution >= 0.6 is 0 Å². The third-order valence-electron chi connectivity index (χ3n) is 4.14. The van der Waals surface area contributed by atoms with Crippen LogP contribution in [0.2, 0.25) is 0 Å². The van der Waals surface area contributed by atoms with Gasteiger partial charge in [0.2, 0.25) is 0 Å². The first-order valence-electron chi connectivity index (χ1n) is 7.82. The van der Waals surface area contributed by atoms with E-state index in [4.69, 9.17) is 9.47 Å². The van der Waals surface area contributed by atoms with Gasteiger partial charge in [0, 0.05) is 19.1 Å². The van der Waals surface area contributed by atoms with E-state index in [2.05, 4.69) is 5.32 Å². The Labute approximate surface area is 136 Å². The molecule has 1 fully saturated rings. The second kappa shape index (κ2) is 7.85. The first-order chi connectivity index (χ1) is 11.0. The first-order valence-corrected chi connectivity index (χ1v) is 7.82. The molecule has 6 heteroatoms. The van der Waals surface area contributed by atoms with E-state index in [0.29, 0.717) is 18.8 Å². The lowest BCUT2D eigenvalue weighted by Crippen LogP contribution is -2.47. The van der Waals surface area contributed by atoms with Gasteiger partial charge in [-0.3, -0.25) is 4.79 Å². The molecule has 1 heterocycles. The molecule has 1 saturated heterocycles. The van der Waals surface area contributed by atoms with Gasteiger partial charge in [-0.25, -0.2) is 4.79 Å². The van der Waals surface area contributed by atoms with E-state index in [-0.39, 0.29) is 24.6 Å². The van der Waals surface area contributed by atoms with E-state index in [1.807, 2.05) is 32.0 Å². The van der Waals surface area contributed by atoms with Crippen molar-refractivity contribution in [3.05, 3.63) is 29.3 Å². The summed E-state index contributed by atoms with van der Waals surface area (Å²) in [7, 11) is 1.38. The molecule has 1 aromatic rings. The summed E-state index contributed by atoms with van der Waals surface area (Å²) in [6, 6.07) is 5.85. The van der Waals surface area contributed by atoms with Gasteiger partial charge in [0.1, 0.15) is 5.75 Å². The normalized spacial score (nSPS) is 15.2. The van der Waals surface area contributed by atoms with Gasteiger partial charge in [-0.15, -0.1) is 0 Å². The van der Waals surface area contributed by atoms with E-state index < -0.39 is 0 Å². The number of ether oxygens (including phenoxy) is 2. The average Bonchev–Trinajstić information content (AvgIpc) is 2.56. The van der Waals surface area contributed by atoms with Crippen LogP contribution in [-0.4, -0.2) is 49.7 Å². The molecule has 1 aliphatic rings. The minimum Gasteiger partial charge on any atom is -0.484 e. The third-order valence-corrected chi connectivity index (χ3v) is 4.14. The lowest BCUT2D eigenvalue weighted by Gasteiger charge is -2.31. The van der Waals surface area contributed by atoms with Gasteiger partial charge in [-0.1, -0.05) is 6.07 Å². The number of benzene rings is 1. The number of carbonyl (C=O) groups excluding carboxylic acids is 2. The summed E-state index contributed by atoms with van der Waals surface area (Å²) in [5.74, 6) is 0.559. The summed E-state index contributed by atoms with van der Waals surface area (Å²) in [5, 5.41) is 2.95. The van der Waals surface area contributed by atoms with Crippen LogP contribution in [0.15, 0.2) is 18.2 Å². The second-order valence-corrected chi connectivity index (χ2v) is 5.83. The van der Waals surface area contributed by atoms with Crippen LogP contribution in [0, 0.1) is 13.8 Å². The molecule has 23 heavy (non-hydrogen) atoms. The van der Waals surface area contributed by atoms with Crippen molar-refractivity contribution in [3.8, 4) is 5.75 Å². The Morgan fingerprint density at radius 2 is 1.91 bits per heavy atom. The van der Waals surface area contributed by atoms with Crippen LogP contribution in [0.5, 0.6) is 5.75 Å². The fourth-order valence-corrected chi connectivity index (χ4v) is 2.56. The van der Waals surface area contributed by atoms with Crippen LogP contribution in [0.25, 0.3) is 0 Å². The van der Waals surface area contributed by atoms with Crippen molar-refractivity contribution in [3.63, 3.8) is 0 Å². The highest BCUT2D eigenvalue weighted by atomic mass is 16.5. The van der Waals surface area contributed by atoms with Crippen LogP contribution in [0.4, 0.5) is 4.79 Å². The molecule has 126 valence electrons. The molecule has 0 unspecified atom stereocenters. The standard InChI is InChI=1S/C17H24N2O4/c1-12-4-5-15(10-13(12)2)23-11-16(20)18-14-6-8-19(9-7-14)17(21)22-3/h4-5,10,14H,6-9,11H2,1-3H3,(H,18,20). The molecule has 0 saturated carbocycles. The molecular weight excluding hydrogens is 296 g/mol. The van der Waals surface area contributed by atoms with Crippen molar-refractivity contribution in [2.24, 2.45) is 0 Å². The fourth-order valence-electron chi connectivity index (χ4n) is 2.56. The summed E-state index contributed by atoms with van der Waals surface area (Å²) < 4.78 is 10.2. The summed E-state index contributed by atoms with van der Waals surface area (Å²) in [6.07, 6.45) is 1.14. The van der Waals surface area contributed by atoms with Crippen LogP contribution in [0.3, 0.4) is 0 Å². The quantitative estimate of drug-likeness (QED) is 0.922. The van der Waals surface area contributed by atoms with Gasteiger partial charge in [0.25, 0.3) is 5.91 Å². The Kier molecular flexibility index (Phi) is 5.84.